The minimum Gasteiger partial charge on any atom is -0.231 e. The highest BCUT2D eigenvalue weighted by Crippen LogP contribution is 1.97. The molecule has 0 bridgehead atoms. The molecule has 0 nitrogen and oxygen atoms in total. The second-order valence-electron chi connectivity index (χ2n) is 0.189. The Morgan fingerprint density at radius 2 is 0.123 bits per heavy atom. The molecule has 2 heteroatoms. The first kappa shape index (κ1) is 32700. The molecule has 0 aromatic heterocycles. The van der Waals surface area contributed by atoms with Gasteiger partial charge in [-0.3, -0.25) is 0 Å². The summed E-state index contributed by atoms with van der Waals surface area (Å²) >= 11 is 0. The van der Waals surface area contributed by atoms with E-state index in [4.69, 9.17) is 0 Å². The molecular weight excluding hydrogens is 711 g/mol. The zero-order chi connectivity index (χ0) is 2.71. The molecule has 0 aromatic carbocycles. The van der Waals surface area contributed by atoms with Gasteiger partial charge in [0.15, 0.2) is 0 Å². The van der Waals surface area contributed by atoms with Crippen LogP contribution in [0.2, 0.25) is 0 Å². The Balaban J connectivity index is -0.0000000000140. The van der Waals surface area contributed by atoms with E-state index in [1.54, 1.807) is 0 Å². The van der Waals surface area contributed by atoms with Gasteiger partial charge in [-0.25, -0.2) is 4.20 Å². The molecule has 452 valence electrons. The van der Waals surface area contributed by atoms with Crippen molar-refractivity contribution in [1.82, 2.24) is 0 Å². The first-order chi connectivity index (χ1) is 1.41. The molecule has 0 spiro atoms. The van der Waals surface area contributed by atoms with Gasteiger partial charge in [0.1, 0.15) is 0 Å². The van der Waals surface area contributed by atoms with Gasteiger partial charge in [0.25, 0.3) is 0 Å². The predicted octanol–water partition coefficient (Wildman–Crippen LogP) is 35.5. The molecule has 0 aliphatic carbocycles. The van der Waals surface area contributed by atoms with Crippen LogP contribution in [0.3, 0.4) is 0 Å². The van der Waals surface area contributed by atoms with Gasteiger partial charge in [-0.1, -0.05) is 401 Å². The highest BCUT2D eigenvalue weighted by atomic mass is 31.1. The van der Waals surface area contributed by atoms with Gasteiger partial charge < -0.3 is 0 Å². The van der Waals surface area contributed by atoms with Crippen LogP contribution in [-0.4, -0.2) is 6.66 Å². The van der Waals surface area contributed by atoms with E-state index in [-0.39, 0.29) is 401 Å². The van der Waals surface area contributed by atoms with E-state index in [1.807, 2.05) is 0 Å². The molecule has 0 aliphatic heterocycles. The first-order valence-electron chi connectivity index (χ1n) is 0.689. The molecule has 0 fully saturated rings. The lowest BCUT2D eigenvalue weighted by Gasteiger charge is -1.45. The smallest absolute Gasteiger partial charge is 0.0639 e. The quantitative estimate of drug-likeness (QED) is 0.212. The summed E-state index contributed by atoms with van der Waals surface area (Å²) in [6, 6.07) is 0. The minimum absolute atomic E-state index is 0. The maximum atomic E-state index is 10.3. The Hall–Kier alpha value is 0.360. The van der Waals surface area contributed by atoms with Gasteiger partial charge in [-0.05, 0) is 6.66 Å². The maximum Gasteiger partial charge on any atom is 0.0639 e. The summed E-state index contributed by atoms with van der Waals surface area (Å²) in [5.41, 5.74) is 0. The van der Waals surface area contributed by atoms with Crippen LogP contribution in [-0.2, 0) is 0 Å². The topological polar surface area (TPSA) is 0 Å². The van der Waals surface area contributed by atoms with Crippen LogP contribution in [0.25, 0.3) is 0 Å². The summed E-state index contributed by atoms with van der Waals surface area (Å²) in [7, 11) is -0.417. The summed E-state index contributed by atoms with van der Waals surface area (Å²) < 4.78 is 10.3. The summed E-state index contributed by atoms with van der Waals surface area (Å²) in [6.07, 6.45) is 0. The van der Waals surface area contributed by atoms with Crippen LogP contribution in [0, 0.1) is 0 Å². The summed E-state index contributed by atoms with van der Waals surface area (Å²) in [5.74, 6) is 0. The average Bonchev–Trinajstić information content (AvgIpc) is 0.918. The monoisotopic (exact) mass is 932 g/mol. The summed E-state index contributed by atoms with van der Waals surface area (Å²) in [4.78, 5) is 0. The molecule has 1 atom stereocenters. The maximum absolute atomic E-state index is 10.3. The van der Waals surface area contributed by atoms with E-state index >= 15 is 0 Å². The highest BCUT2D eigenvalue weighted by Gasteiger charge is 1.39. The van der Waals surface area contributed by atoms with Gasteiger partial charge in [0.2, 0.25) is 0 Å². The summed E-state index contributed by atoms with van der Waals surface area (Å²) in [5, 5.41) is 0. The molecule has 0 N–H and O–H groups in total. The van der Waals surface area contributed by atoms with E-state index in [2.05, 4.69) is 0 Å². The lowest BCUT2D eigenvalue weighted by Crippen LogP contribution is -1.03. The normalized spacial score (nSPS) is 0.526. The Labute approximate surface area is 419 Å². The van der Waals surface area contributed by atoms with Crippen LogP contribution >= 0.6 is 8.89 Å². The fourth-order valence-corrected chi connectivity index (χ4v) is 0. The summed E-state index contributed by atoms with van der Waals surface area (Å²) in [6.45, 7) is 1.49. The Morgan fingerprint density at radius 3 is 0.123 bits per heavy atom. The van der Waals surface area contributed by atoms with Crippen LogP contribution < -0.4 is 0 Å². The lowest BCUT2D eigenvalue weighted by atomic mass is 12.0. The molecule has 0 radical (unpaired) electrons. The molecular formula is C55H220FP. The van der Waals surface area contributed by atoms with Gasteiger partial charge in [-0.15, -0.1) is 0 Å². The van der Waals surface area contributed by atoms with Crippen molar-refractivity contribution in [2.45, 2.75) is 401 Å². The van der Waals surface area contributed by atoms with E-state index in [0.717, 1.165) is 0 Å². The second kappa shape index (κ2) is 93400. The van der Waals surface area contributed by atoms with Crippen LogP contribution in [0.15, 0.2) is 0 Å². The third kappa shape index (κ3) is 1290000. The molecule has 57 heavy (non-hydrogen) atoms. The highest BCUT2D eigenvalue weighted by molar-refractivity contribution is 7.30. The minimum atomic E-state index is -0.417. The average molecular weight is 932 g/mol. The molecule has 0 heterocycles. The zero-order valence-corrected chi connectivity index (χ0v) is 2.88. The van der Waals surface area contributed by atoms with Gasteiger partial charge in [0, 0.05) is 0 Å². The van der Waals surface area contributed by atoms with Crippen molar-refractivity contribution >= 4 is 8.89 Å². The Morgan fingerprint density at radius 1 is 0.123 bits per heavy atom. The molecule has 0 aromatic rings. The number of hydrogen-bond donors (Lipinski definition) is 0. The van der Waals surface area contributed by atoms with Crippen LogP contribution in [0.4, 0.5) is 4.20 Å². The molecule has 0 saturated heterocycles. The second-order valence-corrected chi connectivity index (χ2v) is 0.567. The Kier molecular flexibility index (Phi) is 53600000. The molecule has 0 rings (SSSR count). The SMILES string of the molecule is C.C.C.C.C.C.C.C.C.C.C.C.C.C.C.C.C.C.C.C.C.C.C.C.C.C.C.C.C.C.C.C.C.C.C.C.C.C.C.C.C.C.C.C.C.C.C.C.C.C.C.C.C.C.CPF. The van der Waals surface area contributed by atoms with Crippen molar-refractivity contribution in [3.8, 4) is 0 Å². The van der Waals surface area contributed by atoms with E-state index in [0.29, 0.717) is 0 Å². The number of rotatable bonds is 0. The third-order valence-electron chi connectivity index (χ3n) is 0. The first-order valence-corrected chi connectivity index (χ1v) is 2.07. The van der Waals surface area contributed by atoms with Crippen molar-refractivity contribution < 1.29 is 4.20 Å². The largest absolute Gasteiger partial charge is 0.231 e. The van der Waals surface area contributed by atoms with E-state index in [9.17, 15) is 4.20 Å². The van der Waals surface area contributed by atoms with Crippen molar-refractivity contribution in [2.75, 3.05) is 6.66 Å². The van der Waals surface area contributed by atoms with Gasteiger partial charge in [-0.2, -0.15) is 0 Å². The number of hydrogen-bond acceptors (Lipinski definition) is 0. The van der Waals surface area contributed by atoms with Crippen molar-refractivity contribution in [3.05, 3.63) is 0 Å². The molecule has 0 saturated carbocycles. The fourth-order valence-electron chi connectivity index (χ4n) is 0. The number of halogens is 1. The zero-order valence-electron chi connectivity index (χ0n) is 1.88. The predicted molar refractivity (Wildman–Crippen MR) is 379 cm³/mol. The molecule has 1 unspecified atom stereocenters. The Bertz CT molecular complexity index is 14.5. The fraction of sp³-hybridized carbons (Fsp3) is 1.00. The van der Waals surface area contributed by atoms with Crippen molar-refractivity contribution in [1.29, 1.82) is 0 Å². The third-order valence-corrected chi connectivity index (χ3v) is 0. The standard InChI is InChI=1S/CH4FP.54CH4/c1-3-2;;;;;;;;;;;;;;;;;;;;;;;;;;;;;;;;;;;;;;;;;;;;;;;;;;;;;;/h3H,1H3;54*1H4. The van der Waals surface area contributed by atoms with Gasteiger partial charge in [0.05, 0.1) is 8.89 Å². The lowest BCUT2D eigenvalue weighted by molar-refractivity contribution is 0.925. The molecule has 0 amide bonds. The van der Waals surface area contributed by atoms with E-state index < -0.39 is 8.89 Å². The van der Waals surface area contributed by atoms with Crippen LogP contribution in [0.5, 0.6) is 0 Å². The van der Waals surface area contributed by atoms with Gasteiger partial charge >= 0.3 is 0 Å². The molecule has 0 aliphatic rings. The van der Waals surface area contributed by atoms with Crippen molar-refractivity contribution in [2.24, 2.45) is 0 Å². The van der Waals surface area contributed by atoms with Crippen LogP contribution in [0.1, 0.15) is 401 Å². The van der Waals surface area contributed by atoms with Crippen molar-refractivity contribution in [3.63, 3.8) is 0 Å². The van der Waals surface area contributed by atoms with E-state index in [1.165, 1.54) is 6.66 Å².